The molecule has 6 atom stereocenters. The van der Waals surface area contributed by atoms with Crippen LogP contribution in [0, 0.1) is 0 Å². The van der Waals surface area contributed by atoms with Gasteiger partial charge < -0.3 is 34.3 Å². The second-order valence-electron chi connectivity index (χ2n) is 14.6. The van der Waals surface area contributed by atoms with Crippen molar-refractivity contribution in [1.29, 1.82) is 0 Å². The highest BCUT2D eigenvalue weighted by Gasteiger charge is 2.46. The van der Waals surface area contributed by atoms with Crippen molar-refractivity contribution in [2.45, 2.75) is 179 Å². The zero-order valence-corrected chi connectivity index (χ0v) is 35.9. The Morgan fingerprint density at radius 1 is 0.603 bits per heavy atom. The summed E-state index contributed by atoms with van der Waals surface area (Å²) in [5.74, 6) is -2.09. The smallest absolute Gasteiger partial charge is 0.306 e. The Morgan fingerprint density at radius 2 is 1.10 bits per heavy atom. The molecule has 0 radical (unpaired) electrons. The van der Waals surface area contributed by atoms with Gasteiger partial charge in [-0.25, -0.2) is 0 Å². The molecule has 1 rings (SSSR count). The molecule has 0 aliphatic carbocycles. The summed E-state index contributed by atoms with van der Waals surface area (Å²) in [4.78, 5) is 25.3. The lowest BCUT2D eigenvalue weighted by Crippen LogP contribution is -2.60. The van der Waals surface area contributed by atoms with E-state index in [4.69, 9.17) is 18.9 Å². The average molecular weight is 839 g/mol. The summed E-state index contributed by atoms with van der Waals surface area (Å²) in [7, 11) is -4.61. The van der Waals surface area contributed by atoms with Gasteiger partial charge in [-0.05, 0) is 77.0 Å². The number of carbonyl (C=O) groups excluding carboxylic acids is 2. The predicted octanol–water partition coefficient (Wildman–Crippen LogP) is 8.33. The lowest BCUT2D eigenvalue weighted by atomic mass is 10.00. The number of aliphatic hydroxyl groups is 3. The number of unbranched alkanes of at least 4 members (excludes halogenated alkanes) is 10. The second-order valence-corrected chi connectivity index (χ2v) is 16.1. The Hall–Kier alpha value is -2.91. The van der Waals surface area contributed by atoms with Crippen molar-refractivity contribution in [3.8, 4) is 0 Å². The number of hydrogen-bond acceptors (Lipinski definition) is 11. The second kappa shape index (κ2) is 34.9. The fourth-order valence-electron chi connectivity index (χ4n) is 5.94. The first kappa shape index (κ1) is 53.1. The Kier molecular flexibility index (Phi) is 32.0. The molecular weight excluding hydrogens is 765 g/mol. The van der Waals surface area contributed by atoms with Gasteiger partial charge in [-0.1, -0.05) is 125 Å². The minimum Gasteiger partial charge on any atom is -0.462 e. The largest absolute Gasteiger partial charge is 0.462 e. The van der Waals surface area contributed by atoms with Crippen molar-refractivity contribution in [2.75, 3.05) is 19.0 Å². The number of aliphatic hydroxyl groups excluding tert-OH is 3. The molecular formula is C45H74O12S. The van der Waals surface area contributed by atoms with Crippen molar-refractivity contribution in [2.24, 2.45) is 0 Å². The molecule has 0 aromatic rings. The summed E-state index contributed by atoms with van der Waals surface area (Å²) in [6.07, 6.45) is 33.9. The van der Waals surface area contributed by atoms with Crippen LogP contribution in [-0.4, -0.2) is 96.0 Å². The highest BCUT2D eigenvalue weighted by Crippen LogP contribution is 2.24. The lowest BCUT2D eigenvalue weighted by molar-refractivity contribution is -0.297. The first-order valence-electron chi connectivity index (χ1n) is 21.5. The molecule has 0 spiro atoms. The van der Waals surface area contributed by atoms with Gasteiger partial charge in [0.15, 0.2) is 12.4 Å². The van der Waals surface area contributed by atoms with Gasteiger partial charge in [0.2, 0.25) is 0 Å². The molecule has 1 heterocycles. The molecule has 0 aromatic heterocycles. The van der Waals surface area contributed by atoms with E-state index in [0.717, 1.165) is 57.8 Å². The maximum absolute atomic E-state index is 12.8. The van der Waals surface area contributed by atoms with Crippen LogP contribution >= 0.6 is 0 Å². The number of carbonyl (C=O) groups is 2. The van der Waals surface area contributed by atoms with E-state index in [0.29, 0.717) is 19.3 Å². The summed E-state index contributed by atoms with van der Waals surface area (Å²) in [5, 5.41) is 30.8. The molecule has 4 N–H and O–H groups in total. The number of rotatable bonds is 34. The molecule has 0 saturated carbocycles. The van der Waals surface area contributed by atoms with Gasteiger partial charge in [-0.2, -0.15) is 8.42 Å². The maximum atomic E-state index is 12.8. The van der Waals surface area contributed by atoms with E-state index < -0.39 is 71.2 Å². The van der Waals surface area contributed by atoms with Crippen molar-refractivity contribution in [3.05, 3.63) is 72.9 Å². The molecule has 12 nitrogen and oxygen atoms in total. The molecule has 0 aromatic carbocycles. The molecule has 1 aliphatic heterocycles. The average Bonchev–Trinajstić information content (AvgIpc) is 3.18. The van der Waals surface area contributed by atoms with E-state index in [1.54, 1.807) is 0 Å². The number of allylic oxidation sites excluding steroid dienone is 12. The van der Waals surface area contributed by atoms with Gasteiger partial charge in [0.05, 0.1) is 6.61 Å². The SMILES string of the molecule is CC/C=C/C/C=C/C/C=C/C/C=C/C/C=C/CCCC(=O)O[C@H](COC(=O)CCCCC/C=C/CCCCCCCC)CO[C@H]1O[C@H](CS(=O)(=O)O)[C@@H](O)C(O)C1O. The summed E-state index contributed by atoms with van der Waals surface area (Å²) < 4.78 is 53.9. The number of ether oxygens (including phenoxy) is 4. The summed E-state index contributed by atoms with van der Waals surface area (Å²) >= 11 is 0. The van der Waals surface area contributed by atoms with E-state index in [2.05, 4.69) is 74.6 Å². The Labute approximate surface area is 348 Å². The van der Waals surface area contributed by atoms with E-state index in [1.807, 2.05) is 12.2 Å². The van der Waals surface area contributed by atoms with Crippen LogP contribution in [0.4, 0.5) is 0 Å². The highest BCUT2D eigenvalue weighted by molar-refractivity contribution is 7.85. The third-order valence-electron chi connectivity index (χ3n) is 9.27. The zero-order valence-electron chi connectivity index (χ0n) is 35.1. The molecule has 332 valence electrons. The van der Waals surface area contributed by atoms with Gasteiger partial charge in [0.25, 0.3) is 10.1 Å². The first-order chi connectivity index (χ1) is 28.0. The summed E-state index contributed by atoms with van der Waals surface area (Å²) in [5.41, 5.74) is 0. The van der Waals surface area contributed by atoms with E-state index >= 15 is 0 Å². The van der Waals surface area contributed by atoms with Crippen molar-refractivity contribution >= 4 is 22.1 Å². The van der Waals surface area contributed by atoms with Crippen LogP contribution in [0.15, 0.2) is 72.9 Å². The minimum atomic E-state index is -4.61. The normalized spacial score (nSPS) is 21.1. The lowest BCUT2D eigenvalue weighted by Gasteiger charge is -2.40. The molecule has 58 heavy (non-hydrogen) atoms. The van der Waals surface area contributed by atoms with Crippen LogP contribution in [0.2, 0.25) is 0 Å². The third kappa shape index (κ3) is 29.3. The van der Waals surface area contributed by atoms with Crippen LogP contribution in [0.1, 0.15) is 142 Å². The zero-order chi connectivity index (χ0) is 42.7. The fraction of sp³-hybridized carbons (Fsp3) is 0.689. The fourth-order valence-corrected chi connectivity index (χ4v) is 6.63. The Morgan fingerprint density at radius 3 is 1.69 bits per heavy atom. The van der Waals surface area contributed by atoms with Crippen LogP contribution in [0.3, 0.4) is 0 Å². The highest BCUT2D eigenvalue weighted by atomic mass is 32.2. The van der Waals surface area contributed by atoms with Crippen molar-refractivity contribution < 1.29 is 56.8 Å². The molecule has 0 amide bonds. The van der Waals surface area contributed by atoms with Gasteiger partial charge in [-0.15, -0.1) is 0 Å². The molecule has 1 fully saturated rings. The number of esters is 2. The Balaban J connectivity index is 2.54. The van der Waals surface area contributed by atoms with Gasteiger partial charge in [0, 0.05) is 12.8 Å². The van der Waals surface area contributed by atoms with Gasteiger partial charge in [0.1, 0.15) is 36.8 Å². The van der Waals surface area contributed by atoms with Crippen molar-refractivity contribution in [3.63, 3.8) is 0 Å². The summed E-state index contributed by atoms with van der Waals surface area (Å²) in [6, 6.07) is 0. The number of hydrogen-bond donors (Lipinski definition) is 4. The molecule has 13 heteroatoms. The van der Waals surface area contributed by atoms with E-state index in [-0.39, 0.29) is 19.4 Å². The van der Waals surface area contributed by atoms with E-state index in [1.165, 1.54) is 38.5 Å². The summed E-state index contributed by atoms with van der Waals surface area (Å²) in [6.45, 7) is 3.55. The molecule has 2 unspecified atom stereocenters. The third-order valence-corrected chi connectivity index (χ3v) is 10.0. The van der Waals surface area contributed by atoms with Crippen molar-refractivity contribution in [1.82, 2.24) is 0 Å². The maximum Gasteiger partial charge on any atom is 0.306 e. The van der Waals surface area contributed by atoms with Crippen LogP contribution < -0.4 is 0 Å². The minimum absolute atomic E-state index is 0.0794. The van der Waals surface area contributed by atoms with Crippen LogP contribution in [0.25, 0.3) is 0 Å². The quantitative estimate of drug-likeness (QED) is 0.0210. The van der Waals surface area contributed by atoms with Crippen LogP contribution in [0.5, 0.6) is 0 Å². The molecule has 0 bridgehead atoms. The Bertz CT molecular complexity index is 1350. The molecule has 1 saturated heterocycles. The standard InChI is InChI=1S/C45H74O12S/c1-3-5-7-9-11-13-15-17-18-19-20-22-24-26-28-30-32-34-41(47)56-38(36-55-45-44(50)43(49)42(48)39(57-45)37-58(51,52)53)35-54-40(46)33-31-29-27-25-23-21-16-14-12-10-8-6-4-2/h5,7,11,13,17-18,20-23,26,28,38-39,42-45,48-50H,3-4,6,8-10,12,14-16,19,24-25,27,29-37H2,1-2H3,(H,51,52,53)/b7-5+,13-11+,18-17+,22-20+,23-21+,28-26+/t38-,39-,42-,43?,44?,45+/m1/s1. The monoisotopic (exact) mass is 838 g/mol. The van der Waals surface area contributed by atoms with Crippen LogP contribution in [-0.2, 0) is 38.7 Å². The van der Waals surface area contributed by atoms with E-state index in [9.17, 15) is 37.9 Å². The topological polar surface area (TPSA) is 186 Å². The predicted molar refractivity (Wildman–Crippen MR) is 228 cm³/mol. The first-order valence-corrected chi connectivity index (χ1v) is 23.1. The van der Waals surface area contributed by atoms with Gasteiger partial charge in [-0.3, -0.25) is 14.1 Å². The molecule has 1 aliphatic rings. The van der Waals surface area contributed by atoms with Gasteiger partial charge >= 0.3 is 11.9 Å².